The maximum absolute atomic E-state index is 13.4. The molecule has 25 heavy (non-hydrogen) atoms. The minimum atomic E-state index is -0.579. The van der Waals surface area contributed by atoms with Gasteiger partial charge in [-0.3, -0.25) is 0 Å². The predicted octanol–water partition coefficient (Wildman–Crippen LogP) is 6.21. The van der Waals surface area contributed by atoms with E-state index in [1.54, 1.807) is 6.92 Å². The maximum atomic E-state index is 13.4. The Morgan fingerprint density at radius 3 is 2.48 bits per heavy atom. The van der Waals surface area contributed by atoms with Crippen molar-refractivity contribution >= 4 is 52.3 Å². The molecule has 1 N–H and O–H groups in total. The van der Waals surface area contributed by atoms with E-state index in [2.05, 4.69) is 4.98 Å². The van der Waals surface area contributed by atoms with Crippen LogP contribution < -0.4 is 0 Å². The summed E-state index contributed by atoms with van der Waals surface area (Å²) in [7, 11) is 0. The van der Waals surface area contributed by atoms with Crippen LogP contribution >= 0.6 is 35.4 Å². The number of hydrogen-bond donors (Lipinski definition) is 1. The molecule has 0 saturated carbocycles. The van der Waals surface area contributed by atoms with E-state index in [9.17, 15) is 9.18 Å². The van der Waals surface area contributed by atoms with Crippen molar-refractivity contribution in [2.75, 3.05) is 6.61 Å². The van der Waals surface area contributed by atoms with Crippen molar-refractivity contribution in [3.8, 4) is 0 Å². The molecule has 0 saturated heterocycles. The Bertz CT molecular complexity index is 945. The number of hydrogen-bond acceptors (Lipinski definition) is 3. The van der Waals surface area contributed by atoms with Crippen molar-refractivity contribution in [3.05, 3.63) is 74.6 Å². The molecule has 0 fully saturated rings. The van der Waals surface area contributed by atoms with Crippen molar-refractivity contribution in [1.82, 2.24) is 4.98 Å². The highest BCUT2D eigenvalue weighted by Gasteiger charge is 2.12. The zero-order valence-electron chi connectivity index (χ0n) is 13.2. The number of nitrogens with one attached hydrogen (secondary N) is 1. The molecule has 0 aliphatic rings. The number of esters is 1. The fourth-order valence-electron chi connectivity index (χ4n) is 1.99. The third kappa shape index (κ3) is 5.01. The molecule has 7 heteroatoms. The van der Waals surface area contributed by atoms with Crippen LogP contribution in [0.5, 0.6) is 0 Å². The Balaban J connectivity index is 0.000000269. The Morgan fingerprint density at radius 1 is 1.24 bits per heavy atom. The lowest BCUT2D eigenvalue weighted by Crippen LogP contribution is -2.06. The minimum Gasteiger partial charge on any atom is -0.462 e. The normalized spacial score (nSPS) is 10.1. The van der Waals surface area contributed by atoms with Crippen LogP contribution in [0.2, 0.25) is 10.0 Å². The van der Waals surface area contributed by atoms with Gasteiger partial charge in [0.25, 0.3) is 0 Å². The number of carbonyl (C=O) groups excluding carboxylic acids is 1. The van der Waals surface area contributed by atoms with Crippen molar-refractivity contribution < 1.29 is 13.9 Å². The molecular formula is C18H14Cl2FNO2S. The summed E-state index contributed by atoms with van der Waals surface area (Å²) >= 11 is 16.4. The van der Waals surface area contributed by atoms with E-state index < -0.39 is 11.8 Å². The van der Waals surface area contributed by atoms with Crippen LogP contribution in [0.3, 0.4) is 0 Å². The first kappa shape index (κ1) is 19.4. The number of pyridine rings is 1. The highest BCUT2D eigenvalue weighted by atomic mass is 35.5. The number of rotatable bonds is 2. The van der Waals surface area contributed by atoms with E-state index in [0.29, 0.717) is 10.9 Å². The third-order valence-corrected chi connectivity index (χ3v) is 4.13. The predicted molar refractivity (Wildman–Crippen MR) is 102 cm³/mol. The van der Waals surface area contributed by atoms with E-state index in [1.165, 1.54) is 18.3 Å². The van der Waals surface area contributed by atoms with Gasteiger partial charge in [-0.05, 0) is 31.2 Å². The van der Waals surface area contributed by atoms with E-state index in [0.717, 1.165) is 5.02 Å². The Hall–Kier alpha value is -1.95. The number of aromatic nitrogens is 1. The molecule has 0 radical (unpaired) electrons. The summed E-state index contributed by atoms with van der Waals surface area (Å²) in [6.07, 6.45) is 1.44. The first-order valence-corrected chi connectivity index (χ1v) is 8.48. The number of aromatic amines is 1. The molecule has 2 aromatic carbocycles. The third-order valence-electron chi connectivity index (χ3n) is 3.15. The molecule has 0 aliphatic heterocycles. The van der Waals surface area contributed by atoms with Gasteiger partial charge in [0, 0.05) is 22.1 Å². The molecule has 3 nitrogen and oxygen atoms in total. The monoisotopic (exact) mass is 397 g/mol. The van der Waals surface area contributed by atoms with Gasteiger partial charge in [-0.25, -0.2) is 9.18 Å². The molecular weight excluding hydrogens is 384 g/mol. The number of halogens is 3. The van der Waals surface area contributed by atoms with Gasteiger partial charge in [0.2, 0.25) is 0 Å². The highest BCUT2D eigenvalue weighted by molar-refractivity contribution is 7.71. The van der Waals surface area contributed by atoms with Gasteiger partial charge < -0.3 is 9.72 Å². The fraction of sp³-hybridized carbons (Fsp3) is 0.111. The van der Waals surface area contributed by atoms with Gasteiger partial charge in [0.15, 0.2) is 0 Å². The lowest BCUT2D eigenvalue weighted by atomic mass is 10.1. The molecule has 0 bridgehead atoms. The summed E-state index contributed by atoms with van der Waals surface area (Å²) in [5.41, 5.74) is 0.778. The van der Waals surface area contributed by atoms with E-state index in [1.807, 2.05) is 30.3 Å². The molecule has 130 valence electrons. The molecule has 0 amide bonds. The Morgan fingerprint density at radius 2 is 1.92 bits per heavy atom. The van der Waals surface area contributed by atoms with Gasteiger partial charge in [0.05, 0.1) is 21.7 Å². The number of H-pyrrole nitrogens is 1. The van der Waals surface area contributed by atoms with E-state index in [4.69, 9.17) is 40.2 Å². The number of fused-ring (bicyclic) bond motifs is 1. The Labute approximate surface area is 159 Å². The standard InChI is InChI=1S/C12H9ClFNO2S.C6H5Cl/c1-2-17-12(16)7-5-15-10-4-8(13)9(14)3-6(10)11(7)18;7-6-4-2-1-3-5-6/h3-5H,2H2,1H3,(H,15,18);1-5H. The molecule has 1 aromatic heterocycles. The summed E-state index contributed by atoms with van der Waals surface area (Å²) in [5, 5.41) is 1.22. The summed E-state index contributed by atoms with van der Waals surface area (Å²) in [6, 6.07) is 12.1. The van der Waals surface area contributed by atoms with Gasteiger partial charge in [0.1, 0.15) is 5.82 Å². The second kappa shape index (κ2) is 8.94. The second-order valence-corrected chi connectivity index (χ2v) is 6.11. The van der Waals surface area contributed by atoms with Crippen LogP contribution in [0.25, 0.3) is 10.9 Å². The van der Waals surface area contributed by atoms with Gasteiger partial charge in [-0.1, -0.05) is 53.6 Å². The zero-order valence-corrected chi connectivity index (χ0v) is 15.5. The molecule has 1 heterocycles. The summed E-state index contributed by atoms with van der Waals surface area (Å²) in [5.74, 6) is -1.11. The molecule has 0 spiro atoms. The zero-order chi connectivity index (χ0) is 18.4. The minimum absolute atomic E-state index is 0.00275. The number of carbonyl (C=O) groups is 1. The SMILES string of the molecule is CCOC(=O)c1c[nH]c2cc(Cl)c(F)cc2c1=S.Clc1ccccc1. The first-order chi connectivity index (χ1) is 11.9. The summed E-state index contributed by atoms with van der Waals surface area (Å²) in [4.78, 5) is 14.5. The quantitative estimate of drug-likeness (QED) is 0.412. The average Bonchev–Trinajstić information content (AvgIpc) is 2.58. The van der Waals surface area contributed by atoms with E-state index >= 15 is 0 Å². The summed E-state index contributed by atoms with van der Waals surface area (Å²) in [6.45, 7) is 1.95. The van der Waals surface area contributed by atoms with Crippen LogP contribution in [0.15, 0.2) is 48.7 Å². The number of benzene rings is 2. The summed E-state index contributed by atoms with van der Waals surface area (Å²) < 4.78 is 18.5. The topological polar surface area (TPSA) is 42.1 Å². The van der Waals surface area contributed by atoms with Crippen LogP contribution in [0.1, 0.15) is 17.3 Å². The van der Waals surface area contributed by atoms with Crippen LogP contribution in [0, 0.1) is 10.3 Å². The van der Waals surface area contributed by atoms with Crippen LogP contribution in [-0.4, -0.2) is 17.6 Å². The van der Waals surface area contributed by atoms with Gasteiger partial charge in [-0.15, -0.1) is 0 Å². The van der Waals surface area contributed by atoms with Crippen molar-refractivity contribution in [2.24, 2.45) is 0 Å². The lowest BCUT2D eigenvalue weighted by molar-refractivity contribution is 0.0525. The Kier molecular flexibility index (Phi) is 6.93. The first-order valence-electron chi connectivity index (χ1n) is 7.32. The van der Waals surface area contributed by atoms with E-state index in [-0.39, 0.29) is 21.7 Å². The lowest BCUT2D eigenvalue weighted by Gasteiger charge is -2.05. The molecule has 0 unspecified atom stereocenters. The highest BCUT2D eigenvalue weighted by Crippen LogP contribution is 2.24. The molecule has 3 aromatic rings. The number of ether oxygens (including phenoxy) is 1. The average molecular weight is 398 g/mol. The largest absolute Gasteiger partial charge is 0.462 e. The second-order valence-electron chi connectivity index (χ2n) is 4.86. The van der Waals surface area contributed by atoms with Crippen molar-refractivity contribution in [3.63, 3.8) is 0 Å². The molecule has 0 aliphatic carbocycles. The van der Waals surface area contributed by atoms with Gasteiger partial charge in [-0.2, -0.15) is 0 Å². The molecule has 3 rings (SSSR count). The fourth-order valence-corrected chi connectivity index (χ4v) is 2.61. The maximum Gasteiger partial charge on any atom is 0.341 e. The van der Waals surface area contributed by atoms with Crippen molar-refractivity contribution in [1.29, 1.82) is 0 Å². The van der Waals surface area contributed by atoms with Gasteiger partial charge >= 0.3 is 5.97 Å². The van der Waals surface area contributed by atoms with Crippen LogP contribution in [-0.2, 0) is 4.74 Å². The van der Waals surface area contributed by atoms with Crippen molar-refractivity contribution in [2.45, 2.75) is 6.92 Å². The van der Waals surface area contributed by atoms with Crippen LogP contribution in [0.4, 0.5) is 4.39 Å². The smallest absolute Gasteiger partial charge is 0.341 e. The molecule has 0 atom stereocenters.